The zero-order chi connectivity index (χ0) is 27.8. The molecule has 1 saturated heterocycles. The van der Waals surface area contributed by atoms with Crippen molar-refractivity contribution < 1.29 is 19.1 Å². The van der Waals surface area contributed by atoms with Crippen LogP contribution in [0.2, 0.25) is 10.0 Å². The molecule has 0 bridgehead atoms. The lowest BCUT2D eigenvalue weighted by Gasteiger charge is -2.41. The van der Waals surface area contributed by atoms with Gasteiger partial charge in [-0.2, -0.15) is 0 Å². The van der Waals surface area contributed by atoms with Gasteiger partial charge in [0.05, 0.1) is 6.61 Å². The molecule has 4 rings (SSSR count). The summed E-state index contributed by atoms with van der Waals surface area (Å²) in [5, 5.41) is 1.29. The van der Waals surface area contributed by atoms with E-state index in [-0.39, 0.29) is 18.4 Å². The minimum absolute atomic E-state index is 0.0477. The molecule has 1 aliphatic rings. The summed E-state index contributed by atoms with van der Waals surface area (Å²) in [6.07, 6.45) is 1.64. The standard InChI is InChI=1S/C31H34Cl2N2O4/c1-23-18-27(12-13-28(23)33)39-22-31(19-29(36)34(2)20-24-6-4-3-5-7-24)14-16-35(17-15-31)30(37)21-38-26-10-8-25(32)9-11-26/h3-13,18H,14-17,19-22H2,1-2H3. The van der Waals surface area contributed by atoms with Crippen molar-refractivity contribution in [1.29, 1.82) is 0 Å². The van der Waals surface area contributed by atoms with E-state index in [0.717, 1.165) is 16.9 Å². The molecule has 0 aliphatic carbocycles. The van der Waals surface area contributed by atoms with E-state index >= 15 is 0 Å². The van der Waals surface area contributed by atoms with E-state index in [2.05, 4.69) is 0 Å². The van der Waals surface area contributed by atoms with Gasteiger partial charge in [0, 0.05) is 48.6 Å². The number of carbonyl (C=O) groups is 2. The maximum Gasteiger partial charge on any atom is 0.260 e. The Hall–Kier alpha value is -3.22. The molecule has 3 aromatic carbocycles. The van der Waals surface area contributed by atoms with Crippen LogP contribution < -0.4 is 9.47 Å². The molecule has 0 saturated carbocycles. The average molecular weight is 570 g/mol. The van der Waals surface area contributed by atoms with Crippen LogP contribution in [0.3, 0.4) is 0 Å². The van der Waals surface area contributed by atoms with E-state index in [1.165, 1.54) is 0 Å². The van der Waals surface area contributed by atoms with Crippen LogP contribution in [0.4, 0.5) is 0 Å². The minimum Gasteiger partial charge on any atom is -0.493 e. The van der Waals surface area contributed by atoms with Crippen LogP contribution in [0.25, 0.3) is 0 Å². The van der Waals surface area contributed by atoms with E-state index in [9.17, 15) is 9.59 Å². The van der Waals surface area contributed by atoms with Crippen molar-refractivity contribution in [2.45, 2.75) is 32.7 Å². The summed E-state index contributed by atoms with van der Waals surface area (Å²) in [4.78, 5) is 29.8. The molecule has 0 unspecified atom stereocenters. The van der Waals surface area contributed by atoms with Gasteiger partial charge in [0.1, 0.15) is 11.5 Å². The Morgan fingerprint density at radius 3 is 2.26 bits per heavy atom. The molecule has 6 nitrogen and oxygen atoms in total. The highest BCUT2D eigenvalue weighted by Gasteiger charge is 2.39. The number of amides is 2. The van der Waals surface area contributed by atoms with E-state index < -0.39 is 5.41 Å². The number of nitrogens with zero attached hydrogens (tertiary/aromatic N) is 2. The topological polar surface area (TPSA) is 59.1 Å². The van der Waals surface area contributed by atoms with Crippen LogP contribution >= 0.6 is 23.2 Å². The lowest BCUT2D eigenvalue weighted by molar-refractivity contribution is -0.138. The number of ether oxygens (including phenoxy) is 2. The second-order valence-corrected chi connectivity index (χ2v) is 11.1. The van der Waals surface area contributed by atoms with Gasteiger partial charge in [-0.1, -0.05) is 53.5 Å². The second-order valence-electron chi connectivity index (χ2n) is 10.2. The van der Waals surface area contributed by atoms with Gasteiger partial charge in [0.25, 0.3) is 5.91 Å². The van der Waals surface area contributed by atoms with Crippen LogP contribution in [0.1, 0.15) is 30.4 Å². The van der Waals surface area contributed by atoms with Gasteiger partial charge in [0.2, 0.25) is 5.91 Å². The van der Waals surface area contributed by atoms with Crippen molar-refractivity contribution in [1.82, 2.24) is 9.80 Å². The Balaban J connectivity index is 1.40. The Morgan fingerprint density at radius 2 is 1.59 bits per heavy atom. The number of likely N-dealkylation sites (tertiary alicyclic amines) is 1. The van der Waals surface area contributed by atoms with Crippen molar-refractivity contribution in [2.24, 2.45) is 5.41 Å². The summed E-state index contributed by atoms with van der Waals surface area (Å²) in [6.45, 7) is 3.86. The fourth-order valence-electron chi connectivity index (χ4n) is 4.71. The maximum absolute atomic E-state index is 13.4. The fourth-order valence-corrected chi connectivity index (χ4v) is 4.96. The Kier molecular flexibility index (Phi) is 9.76. The highest BCUT2D eigenvalue weighted by molar-refractivity contribution is 6.31. The van der Waals surface area contributed by atoms with Gasteiger partial charge in [-0.15, -0.1) is 0 Å². The number of piperidine rings is 1. The van der Waals surface area contributed by atoms with Crippen LogP contribution in [-0.4, -0.2) is 55.0 Å². The number of halogens is 2. The van der Waals surface area contributed by atoms with Crippen molar-refractivity contribution in [3.63, 3.8) is 0 Å². The summed E-state index contributed by atoms with van der Waals surface area (Å²) in [6, 6.07) is 22.4. The van der Waals surface area contributed by atoms with Gasteiger partial charge >= 0.3 is 0 Å². The first-order chi connectivity index (χ1) is 18.7. The number of benzene rings is 3. The molecule has 39 heavy (non-hydrogen) atoms. The third kappa shape index (κ3) is 8.13. The molecule has 0 radical (unpaired) electrons. The molecule has 206 valence electrons. The third-order valence-corrected chi connectivity index (χ3v) is 7.92. The monoisotopic (exact) mass is 568 g/mol. The lowest BCUT2D eigenvalue weighted by atomic mass is 9.75. The smallest absolute Gasteiger partial charge is 0.260 e. The SMILES string of the molecule is Cc1cc(OCC2(CC(=O)N(C)Cc3ccccc3)CCN(C(=O)COc3ccc(Cl)cc3)CC2)ccc1Cl. The van der Waals surface area contributed by atoms with Crippen molar-refractivity contribution in [3.8, 4) is 11.5 Å². The van der Waals surface area contributed by atoms with Crippen molar-refractivity contribution >= 4 is 35.0 Å². The van der Waals surface area contributed by atoms with Gasteiger partial charge in [-0.25, -0.2) is 0 Å². The molecule has 0 N–H and O–H groups in total. The van der Waals surface area contributed by atoms with Crippen LogP contribution in [-0.2, 0) is 16.1 Å². The normalized spacial score (nSPS) is 14.5. The third-order valence-electron chi connectivity index (χ3n) is 7.24. The number of rotatable bonds is 10. The van der Waals surface area contributed by atoms with E-state index in [0.29, 0.717) is 61.3 Å². The molecule has 1 fully saturated rings. The largest absolute Gasteiger partial charge is 0.493 e. The summed E-state index contributed by atoms with van der Waals surface area (Å²) in [7, 11) is 1.83. The molecular formula is C31H34Cl2N2O4. The Bertz CT molecular complexity index is 1260. The molecule has 0 spiro atoms. The zero-order valence-corrected chi connectivity index (χ0v) is 23.9. The van der Waals surface area contributed by atoms with Gasteiger partial charge in [-0.3, -0.25) is 9.59 Å². The number of aryl methyl sites for hydroxylation is 1. The Morgan fingerprint density at radius 1 is 0.923 bits per heavy atom. The molecule has 1 heterocycles. The first-order valence-electron chi connectivity index (χ1n) is 13.1. The predicted molar refractivity (Wildman–Crippen MR) is 154 cm³/mol. The zero-order valence-electron chi connectivity index (χ0n) is 22.4. The van der Waals surface area contributed by atoms with Gasteiger partial charge in [-0.05, 0) is 73.4 Å². The first-order valence-corrected chi connectivity index (χ1v) is 13.8. The number of hydrogen-bond donors (Lipinski definition) is 0. The first kappa shape index (κ1) is 28.8. The molecule has 1 aliphatic heterocycles. The van der Waals surface area contributed by atoms with E-state index in [1.807, 2.05) is 62.5 Å². The van der Waals surface area contributed by atoms with Crippen molar-refractivity contribution in [2.75, 3.05) is 33.4 Å². The second kappa shape index (κ2) is 13.2. The summed E-state index contributed by atoms with van der Waals surface area (Å²) >= 11 is 12.1. The molecule has 3 aromatic rings. The molecular weight excluding hydrogens is 535 g/mol. The summed E-state index contributed by atoms with van der Waals surface area (Å²) in [5.41, 5.74) is 1.61. The molecule has 2 amide bonds. The summed E-state index contributed by atoms with van der Waals surface area (Å²) in [5.74, 6) is 1.29. The number of carbonyl (C=O) groups excluding carboxylic acids is 2. The van der Waals surface area contributed by atoms with Crippen LogP contribution in [0, 0.1) is 12.3 Å². The Labute approximate surface area is 240 Å². The van der Waals surface area contributed by atoms with Gasteiger partial charge in [0.15, 0.2) is 6.61 Å². The maximum atomic E-state index is 13.4. The van der Waals surface area contributed by atoms with Crippen molar-refractivity contribution in [3.05, 3.63) is 94.0 Å². The highest BCUT2D eigenvalue weighted by Crippen LogP contribution is 2.37. The van der Waals surface area contributed by atoms with Crippen LogP contribution in [0.5, 0.6) is 11.5 Å². The fraction of sp³-hybridized carbons (Fsp3) is 0.355. The predicted octanol–water partition coefficient (Wildman–Crippen LogP) is 6.42. The average Bonchev–Trinajstić information content (AvgIpc) is 2.94. The number of hydrogen-bond acceptors (Lipinski definition) is 4. The summed E-state index contributed by atoms with van der Waals surface area (Å²) < 4.78 is 11.9. The minimum atomic E-state index is -0.399. The van der Waals surface area contributed by atoms with Gasteiger partial charge < -0.3 is 19.3 Å². The molecule has 0 aromatic heterocycles. The molecule has 8 heteroatoms. The molecule has 0 atom stereocenters. The lowest BCUT2D eigenvalue weighted by Crippen LogP contribution is -2.48. The van der Waals surface area contributed by atoms with Crippen LogP contribution in [0.15, 0.2) is 72.8 Å². The van der Waals surface area contributed by atoms with E-state index in [4.69, 9.17) is 32.7 Å². The quantitative estimate of drug-likeness (QED) is 0.283. The van der Waals surface area contributed by atoms with E-state index in [1.54, 1.807) is 34.1 Å². The highest BCUT2D eigenvalue weighted by atomic mass is 35.5.